The van der Waals surface area contributed by atoms with E-state index >= 15 is 0 Å². The first kappa shape index (κ1) is 11.7. The highest BCUT2D eigenvalue weighted by Gasteiger charge is 2.22. The molecule has 1 aromatic carbocycles. The van der Waals surface area contributed by atoms with Crippen molar-refractivity contribution in [1.82, 2.24) is 0 Å². The van der Waals surface area contributed by atoms with Crippen LogP contribution in [-0.2, 0) is 0 Å². The summed E-state index contributed by atoms with van der Waals surface area (Å²) in [5.41, 5.74) is 2.40. The molecule has 1 aliphatic rings. The number of hydrogen-bond donors (Lipinski definition) is 1. The van der Waals surface area contributed by atoms with Gasteiger partial charge in [0.1, 0.15) is 0 Å². The minimum Gasteiger partial charge on any atom is -0.394 e. The molecule has 1 fully saturated rings. The second-order valence-electron chi connectivity index (χ2n) is 4.46. The average molecular weight is 240 g/mol. The largest absolute Gasteiger partial charge is 0.394 e. The van der Waals surface area contributed by atoms with E-state index in [0.717, 1.165) is 18.0 Å². The number of halogens is 1. The molecule has 0 spiro atoms. The second-order valence-corrected chi connectivity index (χ2v) is 4.89. The van der Waals surface area contributed by atoms with E-state index in [2.05, 4.69) is 17.9 Å². The van der Waals surface area contributed by atoms with E-state index in [4.69, 9.17) is 11.6 Å². The fourth-order valence-corrected chi connectivity index (χ4v) is 2.68. The maximum Gasteiger partial charge on any atom is 0.0635 e. The molecular formula is C13H18ClNO. The molecule has 3 heteroatoms. The SMILES string of the molecule is Cc1cc(Cl)ccc1N1CCCCC1CO. The molecule has 16 heavy (non-hydrogen) atoms. The van der Waals surface area contributed by atoms with Crippen molar-refractivity contribution in [1.29, 1.82) is 0 Å². The third-order valence-electron chi connectivity index (χ3n) is 3.31. The minimum atomic E-state index is 0.238. The van der Waals surface area contributed by atoms with Gasteiger partial charge in [-0.3, -0.25) is 0 Å². The first-order valence-electron chi connectivity index (χ1n) is 5.86. The van der Waals surface area contributed by atoms with E-state index in [1.54, 1.807) is 0 Å². The lowest BCUT2D eigenvalue weighted by atomic mass is 10.0. The van der Waals surface area contributed by atoms with Crippen LogP contribution < -0.4 is 4.90 Å². The monoisotopic (exact) mass is 239 g/mol. The Morgan fingerprint density at radius 1 is 1.44 bits per heavy atom. The highest BCUT2D eigenvalue weighted by molar-refractivity contribution is 6.30. The number of rotatable bonds is 2. The third kappa shape index (κ3) is 2.33. The Balaban J connectivity index is 2.27. The van der Waals surface area contributed by atoms with Crippen LogP contribution in [0.1, 0.15) is 24.8 Å². The molecule has 0 saturated carbocycles. The highest BCUT2D eigenvalue weighted by atomic mass is 35.5. The number of aliphatic hydroxyl groups is 1. The zero-order valence-electron chi connectivity index (χ0n) is 9.62. The van der Waals surface area contributed by atoms with Crippen LogP contribution in [0.5, 0.6) is 0 Å². The molecule has 1 heterocycles. The first-order valence-corrected chi connectivity index (χ1v) is 6.24. The van der Waals surface area contributed by atoms with Crippen molar-refractivity contribution in [3.63, 3.8) is 0 Å². The molecule has 2 nitrogen and oxygen atoms in total. The summed E-state index contributed by atoms with van der Waals surface area (Å²) in [5, 5.41) is 10.2. The lowest BCUT2D eigenvalue weighted by molar-refractivity contribution is 0.240. The van der Waals surface area contributed by atoms with E-state index in [9.17, 15) is 5.11 Å². The quantitative estimate of drug-likeness (QED) is 0.858. The van der Waals surface area contributed by atoms with E-state index in [-0.39, 0.29) is 12.6 Å². The lowest BCUT2D eigenvalue weighted by Gasteiger charge is -2.37. The Morgan fingerprint density at radius 2 is 2.25 bits per heavy atom. The number of piperidine rings is 1. The van der Waals surface area contributed by atoms with Gasteiger partial charge in [0.05, 0.1) is 12.6 Å². The van der Waals surface area contributed by atoms with Crippen molar-refractivity contribution >= 4 is 17.3 Å². The summed E-state index contributed by atoms with van der Waals surface area (Å²) in [5.74, 6) is 0. The van der Waals surface area contributed by atoms with Crippen LogP contribution >= 0.6 is 11.6 Å². The number of nitrogens with zero attached hydrogens (tertiary/aromatic N) is 1. The third-order valence-corrected chi connectivity index (χ3v) is 3.54. The maximum absolute atomic E-state index is 9.40. The molecule has 0 aliphatic carbocycles. The summed E-state index contributed by atoms with van der Waals surface area (Å²) < 4.78 is 0. The fraction of sp³-hybridized carbons (Fsp3) is 0.538. The molecule has 0 amide bonds. The molecule has 2 rings (SSSR count). The van der Waals surface area contributed by atoms with Gasteiger partial charge in [0.25, 0.3) is 0 Å². The van der Waals surface area contributed by atoms with E-state index in [1.807, 2.05) is 12.1 Å². The first-order chi connectivity index (χ1) is 7.72. The van der Waals surface area contributed by atoms with Crippen LogP contribution in [0, 0.1) is 6.92 Å². The summed E-state index contributed by atoms with van der Waals surface area (Å²) in [6.07, 6.45) is 3.51. The summed E-state index contributed by atoms with van der Waals surface area (Å²) in [4.78, 5) is 2.31. The fourth-order valence-electron chi connectivity index (χ4n) is 2.45. The van der Waals surface area contributed by atoms with Crippen LogP contribution in [-0.4, -0.2) is 24.3 Å². The van der Waals surface area contributed by atoms with Crippen LogP contribution in [0.25, 0.3) is 0 Å². The van der Waals surface area contributed by atoms with Gasteiger partial charge in [-0.1, -0.05) is 11.6 Å². The molecule has 0 bridgehead atoms. The molecule has 88 valence electrons. The Bertz CT molecular complexity index is 367. The number of anilines is 1. The molecule has 0 radical (unpaired) electrons. The highest BCUT2D eigenvalue weighted by Crippen LogP contribution is 2.29. The Hall–Kier alpha value is -0.730. The van der Waals surface area contributed by atoms with Gasteiger partial charge in [-0.05, 0) is 49.9 Å². The molecule has 1 N–H and O–H groups in total. The lowest BCUT2D eigenvalue weighted by Crippen LogP contribution is -2.42. The Morgan fingerprint density at radius 3 is 2.94 bits per heavy atom. The maximum atomic E-state index is 9.40. The molecule has 1 saturated heterocycles. The number of benzene rings is 1. The van der Waals surface area contributed by atoms with Gasteiger partial charge in [0.2, 0.25) is 0 Å². The molecule has 1 aliphatic heterocycles. The van der Waals surface area contributed by atoms with E-state index < -0.39 is 0 Å². The molecule has 1 unspecified atom stereocenters. The molecule has 1 aromatic rings. The van der Waals surface area contributed by atoms with E-state index in [1.165, 1.54) is 24.1 Å². The predicted molar refractivity (Wildman–Crippen MR) is 68.3 cm³/mol. The second kappa shape index (κ2) is 5.07. The van der Waals surface area contributed by atoms with Crippen molar-refractivity contribution in [2.45, 2.75) is 32.2 Å². The van der Waals surface area contributed by atoms with Crippen LogP contribution in [0.4, 0.5) is 5.69 Å². The van der Waals surface area contributed by atoms with Gasteiger partial charge in [0.15, 0.2) is 0 Å². The standard InChI is InChI=1S/C13H18ClNO/c1-10-8-11(14)5-6-13(10)15-7-3-2-4-12(15)9-16/h5-6,8,12,16H,2-4,7,9H2,1H3. The van der Waals surface area contributed by atoms with Gasteiger partial charge in [-0.2, -0.15) is 0 Å². The van der Waals surface area contributed by atoms with Gasteiger partial charge in [-0.25, -0.2) is 0 Å². The normalized spacial score (nSPS) is 21.2. The molecule has 0 aromatic heterocycles. The van der Waals surface area contributed by atoms with Gasteiger partial charge in [0, 0.05) is 17.3 Å². The molecule has 1 atom stereocenters. The predicted octanol–water partition coefficient (Wildman–Crippen LogP) is 3.00. The summed E-state index contributed by atoms with van der Waals surface area (Å²) in [6.45, 7) is 3.35. The zero-order valence-corrected chi connectivity index (χ0v) is 10.4. The van der Waals surface area contributed by atoms with Crippen LogP contribution in [0.2, 0.25) is 5.02 Å². The van der Waals surface area contributed by atoms with Gasteiger partial charge in [-0.15, -0.1) is 0 Å². The van der Waals surface area contributed by atoms with Crippen LogP contribution in [0.3, 0.4) is 0 Å². The van der Waals surface area contributed by atoms with Gasteiger partial charge >= 0.3 is 0 Å². The zero-order chi connectivity index (χ0) is 11.5. The number of aliphatic hydroxyl groups excluding tert-OH is 1. The topological polar surface area (TPSA) is 23.5 Å². The number of aryl methyl sites for hydroxylation is 1. The minimum absolute atomic E-state index is 0.238. The summed E-state index contributed by atoms with van der Waals surface area (Å²) in [6, 6.07) is 6.24. The van der Waals surface area contributed by atoms with Crippen molar-refractivity contribution in [3.8, 4) is 0 Å². The van der Waals surface area contributed by atoms with Crippen molar-refractivity contribution in [3.05, 3.63) is 28.8 Å². The average Bonchev–Trinajstić information content (AvgIpc) is 2.29. The van der Waals surface area contributed by atoms with E-state index in [0.29, 0.717) is 0 Å². The summed E-state index contributed by atoms with van der Waals surface area (Å²) >= 11 is 5.96. The van der Waals surface area contributed by atoms with Gasteiger partial charge < -0.3 is 10.0 Å². The molecular weight excluding hydrogens is 222 g/mol. The van der Waals surface area contributed by atoms with Crippen LogP contribution in [0.15, 0.2) is 18.2 Å². The van der Waals surface area contributed by atoms with Crippen molar-refractivity contribution in [2.75, 3.05) is 18.1 Å². The van der Waals surface area contributed by atoms with Crippen molar-refractivity contribution in [2.24, 2.45) is 0 Å². The number of hydrogen-bond acceptors (Lipinski definition) is 2. The summed E-state index contributed by atoms with van der Waals surface area (Å²) in [7, 11) is 0. The Labute approximate surface area is 102 Å². The van der Waals surface area contributed by atoms with Crippen molar-refractivity contribution < 1.29 is 5.11 Å². The smallest absolute Gasteiger partial charge is 0.0635 e. The Kier molecular flexibility index (Phi) is 3.72.